The van der Waals surface area contributed by atoms with Gasteiger partial charge in [0.1, 0.15) is 0 Å². The first-order valence-corrected chi connectivity index (χ1v) is 8.94. The third-order valence-corrected chi connectivity index (χ3v) is 5.13. The van der Waals surface area contributed by atoms with E-state index in [9.17, 15) is 9.59 Å². The quantitative estimate of drug-likeness (QED) is 0.561. The van der Waals surface area contributed by atoms with Crippen LogP contribution in [0.3, 0.4) is 0 Å². The number of hydrogen-bond donors (Lipinski definition) is 2. The van der Waals surface area contributed by atoms with Crippen LogP contribution in [-0.2, 0) is 9.59 Å². The molecule has 5 nitrogen and oxygen atoms in total. The summed E-state index contributed by atoms with van der Waals surface area (Å²) < 4.78 is 0. The standard InChI is InChI=1S/C17H24N2O3S/c1-13-10-19(11-15(13)17(21)22)12-16(20)18-8-5-9-23-14-6-3-2-4-7-14/h2-4,6-7,13,15H,5,8-12H2,1H3,(H,18,20)(H,21,22)/t13-,15-/m1/s1. The number of carboxylic acids is 1. The van der Waals surface area contributed by atoms with Crippen LogP contribution >= 0.6 is 11.8 Å². The first-order valence-electron chi connectivity index (χ1n) is 7.96. The minimum Gasteiger partial charge on any atom is -0.481 e. The van der Waals surface area contributed by atoms with Gasteiger partial charge in [-0.25, -0.2) is 0 Å². The van der Waals surface area contributed by atoms with E-state index >= 15 is 0 Å². The predicted octanol–water partition coefficient (Wildman–Crippen LogP) is 1.94. The van der Waals surface area contributed by atoms with Gasteiger partial charge in [-0.15, -0.1) is 11.8 Å². The first-order chi connectivity index (χ1) is 11.1. The minimum absolute atomic E-state index is 0.0204. The van der Waals surface area contributed by atoms with E-state index in [-0.39, 0.29) is 17.7 Å². The van der Waals surface area contributed by atoms with Crippen LogP contribution in [0.5, 0.6) is 0 Å². The number of carbonyl (C=O) groups is 2. The summed E-state index contributed by atoms with van der Waals surface area (Å²) in [5.74, 6) is -0.0782. The number of thioether (sulfide) groups is 1. The number of carboxylic acid groups (broad SMARTS) is 1. The zero-order chi connectivity index (χ0) is 16.7. The van der Waals surface area contributed by atoms with Crippen molar-refractivity contribution in [1.82, 2.24) is 10.2 Å². The number of likely N-dealkylation sites (tertiary alicyclic amines) is 1. The first kappa shape index (κ1) is 17.8. The Hall–Kier alpha value is -1.53. The SMILES string of the molecule is C[C@@H]1CN(CC(=O)NCCCSc2ccccc2)C[C@H]1C(=O)O. The molecule has 0 spiro atoms. The Labute approximate surface area is 141 Å². The summed E-state index contributed by atoms with van der Waals surface area (Å²) >= 11 is 1.78. The lowest BCUT2D eigenvalue weighted by atomic mass is 9.99. The maximum atomic E-state index is 11.9. The van der Waals surface area contributed by atoms with Gasteiger partial charge in [0.15, 0.2) is 0 Å². The van der Waals surface area contributed by atoms with E-state index in [2.05, 4.69) is 17.4 Å². The van der Waals surface area contributed by atoms with Crippen molar-refractivity contribution in [1.29, 1.82) is 0 Å². The van der Waals surface area contributed by atoms with Gasteiger partial charge < -0.3 is 10.4 Å². The summed E-state index contributed by atoms with van der Waals surface area (Å²) in [6, 6.07) is 10.2. The van der Waals surface area contributed by atoms with Crippen LogP contribution in [0.25, 0.3) is 0 Å². The molecule has 0 bridgehead atoms. The van der Waals surface area contributed by atoms with E-state index in [1.807, 2.05) is 30.0 Å². The van der Waals surface area contributed by atoms with E-state index in [4.69, 9.17) is 5.11 Å². The van der Waals surface area contributed by atoms with Crippen molar-refractivity contribution in [2.75, 3.05) is 31.9 Å². The Balaban J connectivity index is 1.58. The topological polar surface area (TPSA) is 69.6 Å². The molecule has 23 heavy (non-hydrogen) atoms. The maximum absolute atomic E-state index is 11.9. The summed E-state index contributed by atoms with van der Waals surface area (Å²) in [6.45, 7) is 4.02. The zero-order valence-corrected chi connectivity index (χ0v) is 14.2. The fourth-order valence-corrected chi connectivity index (χ4v) is 3.66. The maximum Gasteiger partial charge on any atom is 0.308 e. The number of aliphatic carboxylic acids is 1. The number of benzene rings is 1. The lowest BCUT2D eigenvalue weighted by Gasteiger charge is -2.14. The summed E-state index contributed by atoms with van der Waals surface area (Å²) in [4.78, 5) is 26.2. The predicted molar refractivity (Wildman–Crippen MR) is 91.5 cm³/mol. The van der Waals surface area contributed by atoms with Gasteiger partial charge in [-0.05, 0) is 30.2 Å². The normalized spacial score (nSPS) is 21.3. The van der Waals surface area contributed by atoms with Crippen molar-refractivity contribution in [3.8, 4) is 0 Å². The zero-order valence-electron chi connectivity index (χ0n) is 13.4. The van der Waals surface area contributed by atoms with Gasteiger partial charge in [-0.1, -0.05) is 25.1 Å². The number of nitrogens with zero attached hydrogens (tertiary/aromatic N) is 1. The second-order valence-corrected chi connectivity index (χ2v) is 7.15. The highest BCUT2D eigenvalue weighted by molar-refractivity contribution is 7.99. The van der Waals surface area contributed by atoms with Gasteiger partial charge in [0.25, 0.3) is 0 Å². The molecule has 0 unspecified atom stereocenters. The molecule has 2 atom stereocenters. The number of hydrogen-bond acceptors (Lipinski definition) is 4. The number of carbonyl (C=O) groups excluding carboxylic acids is 1. The van der Waals surface area contributed by atoms with Gasteiger partial charge in [-0.2, -0.15) is 0 Å². The molecule has 1 fully saturated rings. The van der Waals surface area contributed by atoms with E-state index in [1.165, 1.54) is 4.90 Å². The Bertz CT molecular complexity index is 524. The summed E-state index contributed by atoms with van der Waals surface area (Å²) in [7, 11) is 0. The number of rotatable bonds is 8. The highest BCUT2D eigenvalue weighted by Gasteiger charge is 2.35. The van der Waals surface area contributed by atoms with Crippen LogP contribution in [0.1, 0.15) is 13.3 Å². The molecule has 0 aliphatic carbocycles. The molecule has 1 amide bonds. The van der Waals surface area contributed by atoms with Gasteiger partial charge in [0.2, 0.25) is 5.91 Å². The Morgan fingerprint density at radius 1 is 1.30 bits per heavy atom. The lowest BCUT2D eigenvalue weighted by molar-refractivity contribution is -0.142. The molecule has 1 aliphatic heterocycles. The van der Waals surface area contributed by atoms with E-state index in [0.29, 0.717) is 26.2 Å². The molecule has 0 radical (unpaired) electrons. The molecule has 6 heteroatoms. The average molecular weight is 336 g/mol. The van der Waals surface area contributed by atoms with Crippen molar-refractivity contribution in [3.05, 3.63) is 30.3 Å². The van der Waals surface area contributed by atoms with Crippen LogP contribution in [0.15, 0.2) is 35.2 Å². The van der Waals surface area contributed by atoms with Crippen molar-refractivity contribution in [2.45, 2.75) is 18.2 Å². The molecule has 0 saturated carbocycles. The molecule has 1 heterocycles. The third kappa shape index (κ3) is 5.88. The fraction of sp³-hybridized carbons (Fsp3) is 0.529. The molecule has 126 valence electrons. The van der Waals surface area contributed by atoms with E-state index in [1.54, 1.807) is 11.8 Å². The lowest BCUT2D eigenvalue weighted by Crippen LogP contribution is -2.37. The van der Waals surface area contributed by atoms with E-state index in [0.717, 1.165) is 12.2 Å². The number of amides is 1. The highest BCUT2D eigenvalue weighted by atomic mass is 32.2. The summed E-state index contributed by atoms with van der Waals surface area (Å²) in [5.41, 5.74) is 0. The Morgan fingerprint density at radius 2 is 2.04 bits per heavy atom. The van der Waals surface area contributed by atoms with Crippen molar-refractivity contribution < 1.29 is 14.7 Å². The van der Waals surface area contributed by atoms with Gasteiger partial charge in [-0.3, -0.25) is 14.5 Å². The molecule has 1 aromatic rings. The van der Waals surface area contributed by atoms with Crippen LogP contribution in [0, 0.1) is 11.8 Å². The van der Waals surface area contributed by atoms with Crippen LogP contribution < -0.4 is 5.32 Å². The number of nitrogens with one attached hydrogen (secondary N) is 1. The van der Waals surface area contributed by atoms with E-state index < -0.39 is 5.97 Å². The van der Waals surface area contributed by atoms with Crippen LogP contribution in [0.4, 0.5) is 0 Å². The van der Waals surface area contributed by atoms with Gasteiger partial charge >= 0.3 is 5.97 Å². The van der Waals surface area contributed by atoms with Crippen molar-refractivity contribution >= 4 is 23.6 Å². The Morgan fingerprint density at radius 3 is 2.70 bits per heavy atom. The molecule has 2 rings (SSSR count). The fourth-order valence-electron chi connectivity index (χ4n) is 2.78. The monoisotopic (exact) mass is 336 g/mol. The molecule has 2 N–H and O–H groups in total. The van der Waals surface area contributed by atoms with Crippen molar-refractivity contribution in [3.63, 3.8) is 0 Å². The summed E-state index contributed by atoms with van der Waals surface area (Å²) in [5, 5.41) is 12.0. The Kier molecular flexibility index (Phi) is 6.92. The summed E-state index contributed by atoms with van der Waals surface area (Å²) in [6.07, 6.45) is 0.916. The molecule has 1 saturated heterocycles. The molecular formula is C17H24N2O3S. The molecular weight excluding hydrogens is 312 g/mol. The van der Waals surface area contributed by atoms with Crippen molar-refractivity contribution in [2.24, 2.45) is 11.8 Å². The average Bonchev–Trinajstić information content (AvgIpc) is 2.88. The molecule has 1 aliphatic rings. The van der Waals surface area contributed by atoms with Gasteiger partial charge in [0.05, 0.1) is 12.5 Å². The van der Waals surface area contributed by atoms with Crippen LogP contribution in [-0.4, -0.2) is 53.8 Å². The van der Waals surface area contributed by atoms with Gasteiger partial charge in [0, 0.05) is 24.5 Å². The highest BCUT2D eigenvalue weighted by Crippen LogP contribution is 2.22. The molecule has 0 aromatic heterocycles. The molecule has 1 aromatic carbocycles. The third-order valence-electron chi connectivity index (χ3n) is 4.03. The van der Waals surface area contributed by atoms with Crippen LogP contribution in [0.2, 0.25) is 0 Å². The minimum atomic E-state index is -0.765. The second kappa shape index (κ2) is 8.93. The smallest absolute Gasteiger partial charge is 0.308 e. The second-order valence-electron chi connectivity index (χ2n) is 5.98. The largest absolute Gasteiger partial charge is 0.481 e.